The molecule has 0 aliphatic carbocycles. The van der Waals surface area contributed by atoms with Crippen LogP contribution >= 0.6 is 0 Å². The van der Waals surface area contributed by atoms with Crippen molar-refractivity contribution < 1.29 is 4.79 Å². The summed E-state index contributed by atoms with van der Waals surface area (Å²) in [7, 11) is 0. The zero-order valence-electron chi connectivity index (χ0n) is 11.3. The number of carbonyl (C=O) groups is 1. The van der Waals surface area contributed by atoms with Crippen molar-refractivity contribution in [1.29, 1.82) is 5.26 Å². The van der Waals surface area contributed by atoms with Crippen molar-refractivity contribution in [2.75, 3.05) is 18.4 Å². The van der Waals surface area contributed by atoms with Crippen LogP contribution in [0.2, 0.25) is 0 Å². The largest absolute Gasteiger partial charge is 0.310 e. The second kappa shape index (κ2) is 5.63. The zero-order valence-corrected chi connectivity index (χ0v) is 11.3. The van der Waals surface area contributed by atoms with Crippen molar-refractivity contribution in [3.8, 4) is 11.9 Å². The molecule has 0 spiro atoms. The Morgan fingerprint density at radius 3 is 2.90 bits per heavy atom. The summed E-state index contributed by atoms with van der Waals surface area (Å²) in [4.78, 5) is 13.7. The number of hydrogen-bond donors (Lipinski definition) is 1. The highest BCUT2D eigenvalue weighted by Gasteiger charge is 2.28. The van der Waals surface area contributed by atoms with Crippen molar-refractivity contribution in [3.05, 3.63) is 36.5 Å². The number of nitrogens with one attached hydrogen (secondary N) is 1. The van der Waals surface area contributed by atoms with E-state index < -0.39 is 0 Å². The Bertz CT molecular complexity index is 674. The van der Waals surface area contributed by atoms with Crippen molar-refractivity contribution in [2.45, 2.75) is 6.42 Å². The van der Waals surface area contributed by atoms with Crippen LogP contribution in [0, 0.1) is 17.4 Å². The van der Waals surface area contributed by atoms with Gasteiger partial charge in [-0.25, -0.2) is 4.68 Å². The first kappa shape index (κ1) is 13.1. The Kier molecular flexibility index (Phi) is 3.51. The number of nitrogens with zero attached hydrogens (tertiary/aromatic N) is 5. The number of aromatic nitrogens is 3. The van der Waals surface area contributed by atoms with E-state index in [0.29, 0.717) is 25.3 Å². The molecular formula is C14H14N6O. The van der Waals surface area contributed by atoms with Gasteiger partial charge in [0.2, 0.25) is 5.91 Å². The molecule has 2 aromatic rings. The minimum absolute atomic E-state index is 0.118. The quantitative estimate of drug-likeness (QED) is 0.849. The second-order valence-electron chi connectivity index (χ2n) is 4.90. The lowest BCUT2D eigenvalue weighted by atomic mass is 10.1. The van der Waals surface area contributed by atoms with E-state index in [9.17, 15) is 4.79 Å². The summed E-state index contributed by atoms with van der Waals surface area (Å²) < 4.78 is 1.60. The molecule has 3 rings (SSSR count). The molecular weight excluding hydrogens is 268 g/mol. The zero-order chi connectivity index (χ0) is 14.7. The van der Waals surface area contributed by atoms with Crippen LogP contribution in [-0.2, 0) is 4.79 Å². The molecule has 2 heterocycles. The normalized spacial score (nSPS) is 17.5. The van der Waals surface area contributed by atoms with Crippen LogP contribution < -0.4 is 5.32 Å². The maximum Gasteiger partial charge on any atom is 0.230 e. The number of para-hydroxylation sites is 1. The van der Waals surface area contributed by atoms with Gasteiger partial charge in [-0.1, -0.05) is 23.4 Å². The fraction of sp³-hybridized carbons (Fsp3) is 0.286. The fourth-order valence-electron chi connectivity index (χ4n) is 2.32. The predicted octanol–water partition coefficient (Wildman–Crippen LogP) is 1.01. The van der Waals surface area contributed by atoms with Gasteiger partial charge in [0.15, 0.2) is 12.0 Å². The fourth-order valence-corrected chi connectivity index (χ4v) is 2.32. The van der Waals surface area contributed by atoms with Crippen LogP contribution in [0.15, 0.2) is 36.5 Å². The van der Waals surface area contributed by atoms with Gasteiger partial charge in [0, 0.05) is 13.1 Å². The van der Waals surface area contributed by atoms with Crippen molar-refractivity contribution in [2.24, 2.45) is 5.92 Å². The monoisotopic (exact) mass is 282 g/mol. The number of carbonyl (C=O) groups excluding carboxylic acids is 1. The third-order valence-electron chi connectivity index (χ3n) is 3.47. The summed E-state index contributed by atoms with van der Waals surface area (Å²) in [5, 5.41) is 19.5. The Morgan fingerprint density at radius 1 is 1.38 bits per heavy atom. The molecule has 1 saturated heterocycles. The number of anilines is 1. The molecule has 1 amide bonds. The summed E-state index contributed by atoms with van der Waals surface area (Å²) in [6, 6.07) is 9.54. The minimum atomic E-state index is -0.175. The number of hydrogen-bond acceptors (Lipinski definition) is 5. The topological polar surface area (TPSA) is 86.8 Å². The third-order valence-corrected chi connectivity index (χ3v) is 3.47. The van der Waals surface area contributed by atoms with Crippen LogP contribution in [0.25, 0.3) is 5.69 Å². The Hall–Kier alpha value is -2.88. The van der Waals surface area contributed by atoms with Crippen molar-refractivity contribution in [1.82, 2.24) is 19.9 Å². The SMILES string of the molecule is N#CN1CC[C@H](C(=O)Nc2cn(-c3ccccc3)nn2)C1. The first-order valence-electron chi connectivity index (χ1n) is 6.69. The smallest absolute Gasteiger partial charge is 0.230 e. The van der Waals surface area contributed by atoms with Crippen LogP contribution in [0.4, 0.5) is 5.82 Å². The highest BCUT2D eigenvalue weighted by molar-refractivity contribution is 5.91. The molecule has 1 aliphatic heterocycles. The Labute approximate surface area is 121 Å². The van der Waals surface area contributed by atoms with E-state index in [-0.39, 0.29) is 11.8 Å². The summed E-state index contributed by atoms with van der Waals surface area (Å²) >= 11 is 0. The molecule has 7 nitrogen and oxygen atoms in total. The van der Waals surface area contributed by atoms with Crippen LogP contribution in [-0.4, -0.2) is 38.9 Å². The summed E-state index contributed by atoms with van der Waals surface area (Å²) in [5.74, 6) is 0.124. The Morgan fingerprint density at radius 2 is 2.19 bits per heavy atom. The van der Waals surface area contributed by atoms with Gasteiger partial charge in [-0.2, -0.15) is 5.26 Å². The van der Waals surface area contributed by atoms with Gasteiger partial charge in [-0.3, -0.25) is 4.79 Å². The van der Waals surface area contributed by atoms with E-state index in [1.807, 2.05) is 30.3 Å². The van der Waals surface area contributed by atoms with E-state index in [1.165, 1.54) is 0 Å². The second-order valence-corrected chi connectivity index (χ2v) is 4.90. The van der Waals surface area contributed by atoms with Crippen LogP contribution in [0.3, 0.4) is 0 Å². The van der Waals surface area contributed by atoms with E-state index in [0.717, 1.165) is 5.69 Å². The predicted molar refractivity (Wildman–Crippen MR) is 75.3 cm³/mol. The lowest BCUT2D eigenvalue weighted by Gasteiger charge is -2.08. The van der Waals surface area contributed by atoms with Crippen molar-refractivity contribution in [3.63, 3.8) is 0 Å². The van der Waals surface area contributed by atoms with Gasteiger partial charge in [-0.15, -0.1) is 5.10 Å². The number of benzene rings is 1. The van der Waals surface area contributed by atoms with Crippen molar-refractivity contribution >= 4 is 11.7 Å². The van der Waals surface area contributed by atoms with E-state index in [1.54, 1.807) is 15.8 Å². The van der Waals surface area contributed by atoms with Crippen LogP contribution in [0.1, 0.15) is 6.42 Å². The first-order chi connectivity index (χ1) is 10.3. The summed E-state index contributed by atoms with van der Waals surface area (Å²) in [6.45, 7) is 1.10. The number of likely N-dealkylation sites (tertiary alicyclic amines) is 1. The number of rotatable bonds is 3. The van der Waals surface area contributed by atoms with E-state index in [4.69, 9.17) is 5.26 Å². The third kappa shape index (κ3) is 2.84. The molecule has 0 bridgehead atoms. The molecule has 21 heavy (non-hydrogen) atoms. The minimum Gasteiger partial charge on any atom is -0.310 e. The lowest BCUT2D eigenvalue weighted by molar-refractivity contribution is -0.119. The highest BCUT2D eigenvalue weighted by Crippen LogP contribution is 2.17. The molecule has 106 valence electrons. The molecule has 1 N–H and O–H groups in total. The summed E-state index contributed by atoms with van der Waals surface area (Å²) in [5.41, 5.74) is 0.877. The van der Waals surface area contributed by atoms with Gasteiger partial charge in [0.1, 0.15) is 0 Å². The van der Waals surface area contributed by atoms with Crippen LogP contribution in [0.5, 0.6) is 0 Å². The standard InChI is InChI=1S/C14H14N6O/c15-10-19-7-6-11(8-19)14(21)16-13-9-20(18-17-13)12-4-2-1-3-5-12/h1-5,9,11H,6-8H2,(H,16,21)/t11-/m0/s1. The molecule has 0 saturated carbocycles. The molecule has 1 fully saturated rings. The molecule has 1 atom stereocenters. The Balaban J connectivity index is 1.65. The average molecular weight is 282 g/mol. The van der Waals surface area contributed by atoms with E-state index in [2.05, 4.69) is 21.8 Å². The van der Waals surface area contributed by atoms with E-state index >= 15 is 0 Å². The maximum atomic E-state index is 12.1. The van der Waals surface area contributed by atoms with Gasteiger partial charge >= 0.3 is 0 Å². The molecule has 7 heteroatoms. The first-order valence-corrected chi connectivity index (χ1v) is 6.69. The van der Waals surface area contributed by atoms with Gasteiger partial charge in [0.05, 0.1) is 17.8 Å². The lowest BCUT2D eigenvalue weighted by Crippen LogP contribution is -2.25. The molecule has 0 unspecified atom stereocenters. The molecule has 0 radical (unpaired) electrons. The summed E-state index contributed by atoms with van der Waals surface area (Å²) in [6.07, 6.45) is 4.42. The number of amides is 1. The molecule has 1 aliphatic rings. The van der Waals surface area contributed by atoms with Gasteiger partial charge in [0.25, 0.3) is 0 Å². The molecule has 1 aromatic carbocycles. The highest BCUT2D eigenvalue weighted by atomic mass is 16.2. The molecule has 1 aromatic heterocycles. The number of nitriles is 1. The maximum absolute atomic E-state index is 12.1. The van der Waals surface area contributed by atoms with Gasteiger partial charge in [-0.05, 0) is 18.6 Å². The average Bonchev–Trinajstić information content (AvgIpc) is 3.17. The van der Waals surface area contributed by atoms with Gasteiger partial charge < -0.3 is 10.2 Å².